The van der Waals surface area contributed by atoms with Gasteiger partial charge in [-0.25, -0.2) is 0 Å². The molecule has 2 aromatic rings. The summed E-state index contributed by atoms with van der Waals surface area (Å²) in [7, 11) is 3.55. The van der Waals surface area contributed by atoms with Crippen LogP contribution in [0.25, 0.3) is 6.08 Å². The fourth-order valence-electron chi connectivity index (χ4n) is 3.49. The summed E-state index contributed by atoms with van der Waals surface area (Å²) in [6.45, 7) is 4.18. The van der Waals surface area contributed by atoms with Crippen molar-refractivity contribution in [3.63, 3.8) is 0 Å². The van der Waals surface area contributed by atoms with Crippen LogP contribution >= 0.6 is 0 Å². The summed E-state index contributed by atoms with van der Waals surface area (Å²) in [5.41, 5.74) is 3.71. The summed E-state index contributed by atoms with van der Waals surface area (Å²) in [4.78, 5) is 14.8. The predicted octanol–water partition coefficient (Wildman–Crippen LogP) is 4.48. The van der Waals surface area contributed by atoms with E-state index in [4.69, 9.17) is 4.74 Å². The first-order valence-corrected chi connectivity index (χ1v) is 8.74. The van der Waals surface area contributed by atoms with Crippen LogP contribution in [-0.4, -0.2) is 19.9 Å². The zero-order valence-corrected chi connectivity index (χ0v) is 16.0. The Morgan fingerprint density at radius 1 is 1.15 bits per heavy atom. The maximum absolute atomic E-state index is 12.8. The molecular formula is C23H22N2O2. The van der Waals surface area contributed by atoms with E-state index in [0.717, 1.165) is 22.7 Å². The van der Waals surface area contributed by atoms with Crippen LogP contribution in [0.3, 0.4) is 0 Å². The second-order valence-corrected chi connectivity index (χ2v) is 7.04. The van der Waals surface area contributed by atoms with Gasteiger partial charge < -0.3 is 9.64 Å². The van der Waals surface area contributed by atoms with Crippen LogP contribution in [0.15, 0.2) is 65.9 Å². The number of nitrogens with zero attached hydrogens (tertiary/aromatic N) is 2. The van der Waals surface area contributed by atoms with Crippen LogP contribution in [0, 0.1) is 11.3 Å². The monoisotopic (exact) mass is 358 g/mol. The van der Waals surface area contributed by atoms with Crippen LogP contribution in [0.5, 0.6) is 5.75 Å². The third-order valence-electron chi connectivity index (χ3n) is 5.02. The van der Waals surface area contributed by atoms with E-state index in [1.54, 1.807) is 31.4 Å². The molecule has 0 N–H and O–H groups in total. The van der Waals surface area contributed by atoms with Gasteiger partial charge in [-0.2, -0.15) is 5.26 Å². The highest BCUT2D eigenvalue weighted by molar-refractivity contribution is 6.11. The highest BCUT2D eigenvalue weighted by Gasteiger charge is 2.38. The maximum Gasteiger partial charge on any atom is 0.198 e. The quantitative estimate of drug-likeness (QED) is 0.597. The Morgan fingerprint density at radius 3 is 2.41 bits per heavy atom. The number of carbonyl (C=O) groups excluding carboxylic acids is 1. The van der Waals surface area contributed by atoms with Crippen molar-refractivity contribution in [2.75, 3.05) is 19.1 Å². The van der Waals surface area contributed by atoms with Crippen molar-refractivity contribution in [2.24, 2.45) is 0 Å². The van der Waals surface area contributed by atoms with E-state index in [0.29, 0.717) is 0 Å². The summed E-state index contributed by atoms with van der Waals surface area (Å²) < 4.78 is 5.13. The molecule has 0 unspecified atom stereocenters. The number of ketones is 1. The summed E-state index contributed by atoms with van der Waals surface area (Å²) in [5, 5.41) is 9.50. The molecular weight excluding hydrogens is 336 g/mol. The Labute approximate surface area is 160 Å². The van der Waals surface area contributed by atoms with Gasteiger partial charge in [-0.3, -0.25) is 4.79 Å². The summed E-state index contributed by atoms with van der Waals surface area (Å²) in [6.07, 6.45) is 3.19. The smallest absolute Gasteiger partial charge is 0.198 e. The minimum absolute atomic E-state index is 0.104. The molecule has 4 heteroatoms. The van der Waals surface area contributed by atoms with Crippen molar-refractivity contribution >= 4 is 17.5 Å². The molecule has 0 radical (unpaired) electrons. The first kappa shape index (κ1) is 18.5. The standard InChI is InChI=1S/C23H22N2O2/c1-23(2)19-7-5-6-8-20(19)25(3)22(23)14-21(26)17(15-24)13-16-9-11-18(27-4)12-10-16/h5-14H,1-4H3. The first-order valence-electron chi connectivity index (χ1n) is 8.74. The van der Waals surface area contributed by atoms with Gasteiger partial charge in [0.1, 0.15) is 11.8 Å². The van der Waals surface area contributed by atoms with Crippen LogP contribution in [0.2, 0.25) is 0 Å². The number of hydrogen-bond donors (Lipinski definition) is 0. The zero-order chi connectivity index (χ0) is 19.6. The zero-order valence-electron chi connectivity index (χ0n) is 16.0. The molecule has 4 nitrogen and oxygen atoms in total. The highest BCUT2D eigenvalue weighted by atomic mass is 16.5. The third kappa shape index (κ3) is 3.37. The van der Waals surface area contributed by atoms with E-state index < -0.39 is 0 Å². The molecule has 1 aliphatic rings. The van der Waals surface area contributed by atoms with E-state index >= 15 is 0 Å². The number of fused-ring (bicyclic) bond motifs is 1. The summed E-state index contributed by atoms with van der Waals surface area (Å²) in [6, 6.07) is 17.4. The lowest BCUT2D eigenvalue weighted by Crippen LogP contribution is -2.24. The fourth-order valence-corrected chi connectivity index (χ4v) is 3.49. The van der Waals surface area contributed by atoms with Gasteiger partial charge >= 0.3 is 0 Å². The van der Waals surface area contributed by atoms with Gasteiger partial charge in [0.2, 0.25) is 0 Å². The van der Waals surface area contributed by atoms with Crippen LogP contribution in [0.1, 0.15) is 25.0 Å². The van der Waals surface area contributed by atoms with Gasteiger partial charge in [-0.05, 0) is 35.4 Å². The molecule has 0 aliphatic carbocycles. The molecule has 0 spiro atoms. The lowest BCUT2D eigenvalue weighted by molar-refractivity contribution is -0.111. The van der Waals surface area contributed by atoms with Gasteiger partial charge in [0.25, 0.3) is 0 Å². The molecule has 27 heavy (non-hydrogen) atoms. The molecule has 0 saturated carbocycles. The molecule has 136 valence electrons. The minimum atomic E-state index is -0.304. The van der Waals surface area contributed by atoms with E-state index in [9.17, 15) is 10.1 Å². The van der Waals surface area contributed by atoms with E-state index in [1.807, 2.05) is 48.3 Å². The molecule has 2 aromatic carbocycles. The average Bonchev–Trinajstić information content (AvgIpc) is 2.87. The molecule has 0 fully saturated rings. The number of allylic oxidation sites excluding steroid dienone is 3. The van der Waals surface area contributed by atoms with Crippen LogP contribution in [0.4, 0.5) is 5.69 Å². The van der Waals surface area contributed by atoms with Crippen molar-refractivity contribution in [1.29, 1.82) is 5.26 Å². The van der Waals surface area contributed by atoms with Crippen molar-refractivity contribution in [2.45, 2.75) is 19.3 Å². The lowest BCUT2D eigenvalue weighted by atomic mass is 9.83. The van der Waals surface area contributed by atoms with E-state index in [2.05, 4.69) is 19.9 Å². The number of anilines is 1. The van der Waals surface area contributed by atoms with Crippen molar-refractivity contribution in [1.82, 2.24) is 0 Å². The molecule has 0 atom stereocenters. The van der Waals surface area contributed by atoms with Crippen molar-refractivity contribution in [3.05, 3.63) is 77.0 Å². The van der Waals surface area contributed by atoms with Gasteiger partial charge in [-0.1, -0.05) is 44.2 Å². The number of methoxy groups -OCH3 is 1. The Morgan fingerprint density at radius 2 is 1.81 bits per heavy atom. The fraction of sp³-hybridized carbons (Fsp3) is 0.217. The molecule has 0 bridgehead atoms. The molecule has 1 heterocycles. The van der Waals surface area contributed by atoms with Gasteiger partial charge in [0, 0.05) is 29.9 Å². The van der Waals surface area contributed by atoms with E-state index in [1.165, 1.54) is 5.56 Å². The van der Waals surface area contributed by atoms with Gasteiger partial charge in [0.05, 0.1) is 12.7 Å². The van der Waals surface area contributed by atoms with Gasteiger partial charge in [-0.15, -0.1) is 0 Å². The minimum Gasteiger partial charge on any atom is -0.497 e. The van der Waals surface area contributed by atoms with Crippen molar-refractivity contribution < 1.29 is 9.53 Å². The molecule has 0 aromatic heterocycles. The normalized spacial score (nSPS) is 16.8. The summed E-state index contributed by atoms with van der Waals surface area (Å²) >= 11 is 0. The molecule has 1 aliphatic heterocycles. The third-order valence-corrected chi connectivity index (χ3v) is 5.02. The number of para-hydroxylation sites is 1. The Hall–Kier alpha value is -3.32. The number of carbonyl (C=O) groups is 1. The van der Waals surface area contributed by atoms with Crippen LogP contribution in [-0.2, 0) is 10.2 Å². The second-order valence-electron chi connectivity index (χ2n) is 7.04. The summed E-state index contributed by atoms with van der Waals surface area (Å²) in [5.74, 6) is 0.433. The number of likely N-dealkylation sites (N-methyl/N-ethyl adjacent to an activating group) is 1. The molecule has 0 amide bonds. The van der Waals surface area contributed by atoms with Crippen LogP contribution < -0.4 is 9.64 Å². The maximum atomic E-state index is 12.8. The number of benzene rings is 2. The lowest BCUT2D eigenvalue weighted by Gasteiger charge is -2.23. The van der Waals surface area contributed by atoms with Crippen molar-refractivity contribution in [3.8, 4) is 11.8 Å². The molecule has 3 rings (SSSR count). The highest BCUT2D eigenvalue weighted by Crippen LogP contribution is 2.46. The first-order chi connectivity index (χ1) is 12.9. The predicted molar refractivity (Wildman–Crippen MR) is 108 cm³/mol. The number of nitriles is 1. The van der Waals surface area contributed by atoms with E-state index in [-0.39, 0.29) is 16.8 Å². The second kappa shape index (κ2) is 7.13. The largest absolute Gasteiger partial charge is 0.497 e. The average molecular weight is 358 g/mol. The number of rotatable bonds is 4. The topological polar surface area (TPSA) is 53.3 Å². The molecule has 0 saturated heterocycles. The number of hydrogen-bond acceptors (Lipinski definition) is 4. The number of ether oxygens (including phenoxy) is 1. The Kier molecular flexibility index (Phi) is 4.87. The Bertz CT molecular complexity index is 976. The van der Waals surface area contributed by atoms with Gasteiger partial charge in [0.15, 0.2) is 5.78 Å². The Balaban J connectivity index is 1.95. The SMILES string of the molecule is COc1ccc(C=C(C#N)C(=O)C=C2N(C)c3ccccc3C2(C)C)cc1.